The Kier molecular flexibility index (Phi) is 4.87. The van der Waals surface area contributed by atoms with Crippen molar-refractivity contribution in [2.24, 2.45) is 0 Å². The van der Waals surface area contributed by atoms with E-state index in [1.54, 1.807) is 12.1 Å². The molecule has 0 aliphatic rings. The van der Waals surface area contributed by atoms with Gasteiger partial charge in [-0.15, -0.1) is 0 Å². The van der Waals surface area contributed by atoms with Crippen LogP contribution in [0.3, 0.4) is 0 Å². The van der Waals surface area contributed by atoms with E-state index in [4.69, 9.17) is 0 Å². The number of anilines is 2. The van der Waals surface area contributed by atoms with E-state index < -0.39 is 17.8 Å². The maximum atomic E-state index is 12.9. The standard InChI is InChI=1S/C18H19F3N2O/c1-17(2,3)12-8-10-13(11-9-12)22-16(24)23-15-7-5-4-6-14(15)18(19,20)21/h4-11H,1-3H3,(H2,22,23,24). The summed E-state index contributed by atoms with van der Waals surface area (Å²) in [5.41, 5.74) is 0.407. The summed E-state index contributed by atoms with van der Waals surface area (Å²) in [7, 11) is 0. The molecule has 24 heavy (non-hydrogen) atoms. The molecule has 0 fully saturated rings. The molecule has 0 spiro atoms. The quantitative estimate of drug-likeness (QED) is 0.731. The summed E-state index contributed by atoms with van der Waals surface area (Å²) in [6.07, 6.45) is -4.53. The van der Waals surface area contributed by atoms with Gasteiger partial charge in [-0.2, -0.15) is 13.2 Å². The van der Waals surface area contributed by atoms with E-state index in [9.17, 15) is 18.0 Å². The average molecular weight is 336 g/mol. The highest BCUT2D eigenvalue weighted by molar-refractivity contribution is 6.00. The van der Waals surface area contributed by atoms with Gasteiger partial charge in [0.2, 0.25) is 0 Å². The molecule has 2 aromatic carbocycles. The van der Waals surface area contributed by atoms with Gasteiger partial charge in [0.1, 0.15) is 0 Å². The van der Waals surface area contributed by atoms with Crippen LogP contribution in [0.5, 0.6) is 0 Å². The molecule has 0 saturated heterocycles. The first-order valence-corrected chi connectivity index (χ1v) is 7.42. The highest BCUT2D eigenvalue weighted by atomic mass is 19.4. The Balaban J connectivity index is 2.10. The number of nitrogens with one attached hydrogen (secondary N) is 2. The van der Waals surface area contributed by atoms with Crippen molar-refractivity contribution in [3.05, 3.63) is 59.7 Å². The second kappa shape index (κ2) is 6.55. The summed E-state index contributed by atoms with van der Waals surface area (Å²) in [6.45, 7) is 6.20. The van der Waals surface area contributed by atoms with Gasteiger partial charge in [-0.05, 0) is 35.2 Å². The fourth-order valence-corrected chi connectivity index (χ4v) is 2.18. The molecule has 0 aromatic heterocycles. The first-order chi connectivity index (χ1) is 11.1. The molecule has 0 atom stereocenters. The van der Waals surface area contributed by atoms with Gasteiger partial charge in [-0.3, -0.25) is 0 Å². The highest BCUT2D eigenvalue weighted by Crippen LogP contribution is 2.34. The van der Waals surface area contributed by atoms with Crippen LogP contribution in [0.2, 0.25) is 0 Å². The van der Waals surface area contributed by atoms with Gasteiger partial charge in [0.25, 0.3) is 0 Å². The monoisotopic (exact) mass is 336 g/mol. The van der Waals surface area contributed by atoms with E-state index in [0.717, 1.165) is 11.6 Å². The molecule has 2 amide bonds. The van der Waals surface area contributed by atoms with Crippen molar-refractivity contribution in [1.82, 2.24) is 0 Å². The molecular formula is C18H19F3N2O. The van der Waals surface area contributed by atoms with Crippen molar-refractivity contribution in [3.63, 3.8) is 0 Å². The van der Waals surface area contributed by atoms with E-state index in [-0.39, 0.29) is 11.1 Å². The predicted octanol–water partition coefficient (Wildman–Crippen LogP) is 5.65. The number of benzene rings is 2. The number of carbonyl (C=O) groups is 1. The molecule has 2 rings (SSSR count). The van der Waals surface area contributed by atoms with E-state index >= 15 is 0 Å². The van der Waals surface area contributed by atoms with Crippen molar-refractivity contribution in [1.29, 1.82) is 0 Å². The normalized spacial score (nSPS) is 11.9. The van der Waals surface area contributed by atoms with Crippen LogP contribution in [0.4, 0.5) is 29.3 Å². The maximum absolute atomic E-state index is 12.9. The Morgan fingerprint density at radius 2 is 1.46 bits per heavy atom. The summed E-state index contributed by atoms with van der Waals surface area (Å²) in [4.78, 5) is 12.0. The van der Waals surface area contributed by atoms with Gasteiger partial charge < -0.3 is 10.6 Å². The number of hydrogen-bond acceptors (Lipinski definition) is 1. The number of urea groups is 1. The first-order valence-electron chi connectivity index (χ1n) is 7.42. The molecule has 0 radical (unpaired) electrons. The van der Waals surface area contributed by atoms with E-state index in [0.29, 0.717) is 5.69 Å². The number of amides is 2. The van der Waals surface area contributed by atoms with Gasteiger partial charge in [-0.25, -0.2) is 4.79 Å². The zero-order valence-electron chi connectivity index (χ0n) is 13.7. The Morgan fingerprint density at radius 1 is 0.875 bits per heavy atom. The Labute approximate surface area is 138 Å². The Morgan fingerprint density at radius 3 is 2.00 bits per heavy atom. The summed E-state index contributed by atoms with van der Waals surface area (Å²) < 4.78 is 38.7. The third-order valence-electron chi connectivity index (χ3n) is 3.49. The summed E-state index contributed by atoms with van der Waals surface area (Å²) >= 11 is 0. The van der Waals surface area contributed by atoms with Crippen molar-refractivity contribution in [2.45, 2.75) is 32.4 Å². The lowest BCUT2D eigenvalue weighted by molar-refractivity contribution is -0.136. The number of para-hydroxylation sites is 1. The summed E-state index contributed by atoms with van der Waals surface area (Å²) in [5.74, 6) is 0. The summed E-state index contributed by atoms with van der Waals surface area (Å²) in [6, 6.07) is 11.3. The molecule has 6 heteroatoms. The molecule has 128 valence electrons. The first kappa shape index (κ1) is 17.8. The molecule has 0 bridgehead atoms. The fraction of sp³-hybridized carbons (Fsp3) is 0.278. The highest BCUT2D eigenvalue weighted by Gasteiger charge is 2.33. The molecular weight excluding hydrogens is 317 g/mol. The van der Waals surface area contributed by atoms with Gasteiger partial charge in [0.05, 0.1) is 11.3 Å². The minimum Gasteiger partial charge on any atom is -0.308 e. The van der Waals surface area contributed by atoms with Crippen LogP contribution in [0.15, 0.2) is 48.5 Å². The Bertz CT molecular complexity index is 716. The van der Waals surface area contributed by atoms with E-state index in [1.807, 2.05) is 12.1 Å². The van der Waals surface area contributed by atoms with Crippen LogP contribution in [-0.2, 0) is 11.6 Å². The van der Waals surface area contributed by atoms with Crippen molar-refractivity contribution in [3.8, 4) is 0 Å². The topological polar surface area (TPSA) is 41.1 Å². The SMILES string of the molecule is CC(C)(C)c1ccc(NC(=O)Nc2ccccc2C(F)(F)F)cc1. The number of rotatable bonds is 2. The second-order valence-corrected chi connectivity index (χ2v) is 6.45. The van der Waals surface area contributed by atoms with Gasteiger partial charge in [0.15, 0.2) is 0 Å². The molecule has 0 aliphatic carbocycles. The van der Waals surface area contributed by atoms with E-state index in [1.165, 1.54) is 18.2 Å². The third-order valence-corrected chi connectivity index (χ3v) is 3.49. The number of hydrogen-bond donors (Lipinski definition) is 2. The lowest BCUT2D eigenvalue weighted by atomic mass is 9.87. The van der Waals surface area contributed by atoms with Gasteiger partial charge >= 0.3 is 12.2 Å². The van der Waals surface area contributed by atoms with Crippen LogP contribution in [0.1, 0.15) is 31.9 Å². The van der Waals surface area contributed by atoms with Crippen LogP contribution < -0.4 is 10.6 Å². The molecule has 2 aromatic rings. The van der Waals surface area contributed by atoms with Crippen LogP contribution in [0.25, 0.3) is 0 Å². The van der Waals surface area contributed by atoms with Crippen molar-refractivity contribution >= 4 is 17.4 Å². The molecule has 3 nitrogen and oxygen atoms in total. The zero-order valence-corrected chi connectivity index (χ0v) is 13.7. The minimum absolute atomic E-state index is 0.0214. The molecule has 0 saturated carbocycles. The molecule has 0 unspecified atom stereocenters. The minimum atomic E-state index is -4.53. The average Bonchev–Trinajstić information content (AvgIpc) is 2.46. The maximum Gasteiger partial charge on any atom is 0.418 e. The van der Waals surface area contributed by atoms with E-state index in [2.05, 4.69) is 31.4 Å². The largest absolute Gasteiger partial charge is 0.418 e. The zero-order chi connectivity index (χ0) is 18.0. The number of carbonyl (C=O) groups excluding carboxylic acids is 1. The Hall–Kier alpha value is -2.50. The molecule has 0 heterocycles. The lowest BCUT2D eigenvalue weighted by Crippen LogP contribution is -2.22. The molecule has 0 aliphatic heterocycles. The van der Waals surface area contributed by atoms with Crippen LogP contribution in [0, 0.1) is 0 Å². The predicted molar refractivity (Wildman–Crippen MR) is 89.2 cm³/mol. The third kappa shape index (κ3) is 4.50. The van der Waals surface area contributed by atoms with Crippen molar-refractivity contribution in [2.75, 3.05) is 10.6 Å². The van der Waals surface area contributed by atoms with Crippen molar-refractivity contribution < 1.29 is 18.0 Å². The lowest BCUT2D eigenvalue weighted by Gasteiger charge is -2.19. The molecule has 2 N–H and O–H groups in total. The second-order valence-electron chi connectivity index (χ2n) is 6.45. The number of halogens is 3. The van der Waals surface area contributed by atoms with Gasteiger partial charge in [0, 0.05) is 5.69 Å². The number of alkyl halides is 3. The summed E-state index contributed by atoms with van der Waals surface area (Å²) in [5, 5.41) is 4.77. The van der Waals surface area contributed by atoms with Gasteiger partial charge in [-0.1, -0.05) is 45.0 Å². The smallest absolute Gasteiger partial charge is 0.308 e. The van der Waals surface area contributed by atoms with Crippen LogP contribution in [-0.4, -0.2) is 6.03 Å². The van der Waals surface area contributed by atoms with Crippen LogP contribution >= 0.6 is 0 Å². The fourth-order valence-electron chi connectivity index (χ4n) is 2.18.